The number of ether oxygens (including phenoxy) is 2. The first-order valence-corrected chi connectivity index (χ1v) is 11.6. The van der Waals surface area contributed by atoms with Gasteiger partial charge in [0, 0.05) is 44.5 Å². The number of aromatic amines is 1. The minimum absolute atomic E-state index is 0.0396. The van der Waals surface area contributed by atoms with Crippen molar-refractivity contribution in [3.8, 4) is 0 Å². The maximum atomic E-state index is 12.1. The lowest BCUT2D eigenvalue weighted by Gasteiger charge is -2.36. The van der Waals surface area contributed by atoms with Gasteiger partial charge in [-0.05, 0) is 36.2 Å². The van der Waals surface area contributed by atoms with Crippen LogP contribution in [0.5, 0.6) is 0 Å². The maximum Gasteiger partial charge on any atom is 0.413 e. The highest BCUT2D eigenvalue weighted by molar-refractivity contribution is 5.83. The number of aromatic nitrogens is 3. The Labute approximate surface area is 196 Å². The number of fused-ring (bicyclic) bond motifs is 1. The molecule has 1 amide bonds. The van der Waals surface area contributed by atoms with E-state index in [1.54, 1.807) is 12.3 Å². The van der Waals surface area contributed by atoms with Crippen LogP contribution in [0.2, 0.25) is 0 Å². The van der Waals surface area contributed by atoms with E-state index in [0.717, 1.165) is 60.6 Å². The summed E-state index contributed by atoms with van der Waals surface area (Å²) in [6.07, 6.45) is 3.67. The van der Waals surface area contributed by atoms with E-state index in [2.05, 4.69) is 30.1 Å². The first-order chi connectivity index (χ1) is 16.6. The predicted octanol–water partition coefficient (Wildman–Crippen LogP) is 2.15. The van der Waals surface area contributed by atoms with Gasteiger partial charge in [-0.15, -0.1) is 0 Å². The summed E-state index contributed by atoms with van der Waals surface area (Å²) >= 11 is 0. The van der Waals surface area contributed by atoms with Crippen LogP contribution in [0.4, 0.5) is 16.3 Å². The second-order valence-electron chi connectivity index (χ2n) is 8.61. The van der Waals surface area contributed by atoms with Crippen molar-refractivity contribution < 1.29 is 14.3 Å². The Bertz CT molecular complexity index is 1220. The van der Waals surface area contributed by atoms with Crippen molar-refractivity contribution in [3.05, 3.63) is 58.1 Å². The fourth-order valence-corrected chi connectivity index (χ4v) is 4.15. The molecule has 3 aromatic heterocycles. The molecule has 5 rings (SSSR count). The third-order valence-corrected chi connectivity index (χ3v) is 6.21. The van der Waals surface area contributed by atoms with E-state index >= 15 is 0 Å². The molecule has 2 aliphatic heterocycles. The van der Waals surface area contributed by atoms with Crippen LogP contribution >= 0.6 is 0 Å². The lowest BCUT2D eigenvalue weighted by atomic mass is 10.1. The van der Waals surface area contributed by atoms with Crippen LogP contribution < -0.4 is 15.8 Å². The van der Waals surface area contributed by atoms with Gasteiger partial charge >= 0.3 is 6.09 Å². The molecular formula is C24H28N6O4. The van der Waals surface area contributed by atoms with Crippen molar-refractivity contribution in [2.24, 2.45) is 0 Å². The minimum atomic E-state index is -0.514. The molecule has 2 aliphatic rings. The number of nitrogens with one attached hydrogen (secondary N) is 2. The number of pyridine rings is 3. The van der Waals surface area contributed by atoms with Crippen LogP contribution in [-0.4, -0.2) is 71.4 Å². The molecule has 34 heavy (non-hydrogen) atoms. The summed E-state index contributed by atoms with van der Waals surface area (Å²) in [5, 5.41) is 2.65. The number of rotatable bonds is 6. The minimum Gasteiger partial charge on any atom is -0.441 e. The second-order valence-corrected chi connectivity index (χ2v) is 8.61. The van der Waals surface area contributed by atoms with Gasteiger partial charge in [0.1, 0.15) is 5.82 Å². The zero-order valence-electron chi connectivity index (χ0n) is 19.1. The van der Waals surface area contributed by atoms with Crippen molar-refractivity contribution >= 4 is 28.6 Å². The molecule has 0 aromatic carbocycles. The first-order valence-electron chi connectivity index (χ1n) is 11.6. The maximum absolute atomic E-state index is 12.1. The number of H-pyrrole nitrogens is 1. The molecule has 0 spiro atoms. The van der Waals surface area contributed by atoms with E-state index < -0.39 is 6.09 Å². The van der Waals surface area contributed by atoms with Crippen molar-refractivity contribution in [2.45, 2.75) is 26.0 Å². The fraction of sp³-hybridized carbons (Fsp3) is 0.417. The number of nitrogens with zero attached hydrogens (tertiary/aromatic N) is 4. The fourth-order valence-electron chi connectivity index (χ4n) is 4.15. The Morgan fingerprint density at radius 3 is 2.68 bits per heavy atom. The van der Waals surface area contributed by atoms with E-state index in [0.29, 0.717) is 25.5 Å². The van der Waals surface area contributed by atoms with Gasteiger partial charge < -0.3 is 19.4 Å². The zero-order chi connectivity index (χ0) is 23.5. The summed E-state index contributed by atoms with van der Waals surface area (Å²) in [6.45, 7) is 7.19. The molecule has 2 fully saturated rings. The van der Waals surface area contributed by atoms with E-state index in [4.69, 9.17) is 9.47 Å². The molecule has 0 saturated carbocycles. The third kappa shape index (κ3) is 5.02. The Balaban J connectivity index is 1.14. The number of piperazine rings is 1. The first kappa shape index (κ1) is 22.3. The van der Waals surface area contributed by atoms with Crippen LogP contribution in [0, 0.1) is 0 Å². The standard InChI is InChI=1S/C24H28N6O4/c1-2-17-10-20-21(27-23(17)31)9-16(11-25-20)13-29-5-7-30(8-6-29)18-3-4-22(26-12-18)28-24(32)34-19-14-33-15-19/h3-4,9-12,19H,2,5-8,13-15H2,1H3,(H,27,31)(H,26,28,32). The molecule has 2 N–H and O–H groups in total. The molecule has 0 aliphatic carbocycles. The van der Waals surface area contributed by atoms with Gasteiger partial charge in [-0.1, -0.05) is 6.92 Å². The Kier molecular flexibility index (Phi) is 6.41. The average Bonchev–Trinajstić information content (AvgIpc) is 2.82. The van der Waals surface area contributed by atoms with Crippen molar-refractivity contribution in [1.82, 2.24) is 19.9 Å². The Hall–Kier alpha value is -3.50. The van der Waals surface area contributed by atoms with Gasteiger partial charge in [0.2, 0.25) is 0 Å². The zero-order valence-corrected chi connectivity index (χ0v) is 19.1. The molecule has 2 saturated heterocycles. The number of anilines is 2. The summed E-state index contributed by atoms with van der Waals surface area (Å²) in [4.78, 5) is 40.5. The van der Waals surface area contributed by atoms with Crippen LogP contribution in [0.15, 0.2) is 41.5 Å². The number of carbonyl (C=O) groups excluding carboxylic acids is 1. The summed E-state index contributed by atoms with van der Waals surface area (Å²) in [6, 6.07) is 7.64. The van der Waals surface area contributed by atoms with Gasteiger partial charge in [-0.25, -0.2) is 9.78 Å². The summed E-state index contributed by atoms with van der Waals surface area (Å²) in [5.74, 6) is 0.459. The SMILES string of the molecule is CCc1cc2ncc(CN3CCN(c4ccc(NC(=O)OC5COC5)nc4)CC3)cc2[nH]c1=O. The average molecular weight is 465 g/mol. The highest BCUT2D eigenvalue weighted by Crippen LogP contribution is 2.19. The van der Waals surface area contributed by atoms with Crippen molar-refractivity contribution in [2.75, 3.05) is 49.6 Å². The number of hydrogen-bond acceptors (Lipinski definition) is 8. The number of aryl methyl sites for hydroxylation is 1. The number of hydrogen-bond donors (Lipinski definition) is 2. The molecule has 5 heterocycles. The van der Waals surface area contributed by atoms with Crippen molar-refractivity contribution in [1.29, 1.82) is 0 Å². The summed E-state index contributed by atoms with van der Waals surface area (Å²) in [5.41, 5.74) is 4.41. The van der Waals surface area contributed by atoms with Crippen LogP contribution in [0.25, 0.3) is 11.0 Å². The molecule has 0 radical (unpaired) electrons. The molecule has 178 valence electrons. The number of amides is 1. The van der Waals surface area contributed by atoms with Gasteiger partial charge in [0.05, 0.1) is 36.1 Å². The second kappa shape index (κ2) is 9.78. The normalized spacial score (nSPS) is 16.9. The van der Waals surface area contributed by atoms with Crippen molar-refractivity contribution in [3.63, 3.8) is 0 Å². The molecule has 0 unspecified atom stereocenters. The monoisotopic (exact) mass is 464 g/mol. The van der Waals surface area contributed by atoms with Crippen LogP contribution in [-0.2, 0) is 22.4 Å². The van der Waals surface area contributed by atoms with E-state index in [9.17, 15) is 9.59 Å². The largest absolute Gasteiger partial charge is 0.441 e. The van der Waals surface area contributed by atoms with Gasteiger partial charge in [0.25, 0.3) is 5.56 Å². The van der Waals surface area contributed by atoms with Gasteiger partial charge in [-0.2, -0.15) is 0 Å². The smallest absolute Gasteiger partial charge is 0.413 e. The Morgan fingerprint density at radius 2 is 2.00 bits per heavy atom. The molecule has 10 heteroatoms. The summed E-state index contributed by atoms with van der Waals surface area (Å²) in [7, 11) is 0. The van der Waals surface area contributed by atoms with E-state index in [1.807, 2.05) is 31.3 Å². The van der Waals surface area contributed by atoms with Gasteiger partial charge in [-0.3, -0.25) is 20.0 Å². The van der Waals surface area contributed by atoms with E-state index in [-0.39, 0.29) is 11.7 Å². The molecule has 3 aromatic rings. The van der Waals surface area contributed by atoms with E-state index in [1.165, 1.54) is 0 Å². The van der Waals surface area contributed by atoms with Gasteiger partial charge in [0.15, 0.2) is 6.10 Å². The molecular weight excluding hydrogens is 436 g/mol. The van der Waals surface area contributed by atoms with Crippen LogP contribution in [0.3, 0.4) is 0 Å². The lowest BCUT2D eigenvalue weighted by Crippen LogP contribution is -2.46. The molecule has 0 bridgehead atoms. The predicted molar refractivity (Wildman–Crippen MR) is 128 cm³/mol. The third-order valence-electron chi connectivity index (χ3n) is 6.21. The quantitative estimate of drug-likeness (QED) is 0.571. The summed E-state index contributed by atoms with van der Waals surface area (Å²) < 4.78 is 10.2. The lowest BCUT2D eigenvalue weighted by molar-refractivity contribution is -0.0951. The molecule has 0 atom stereocenters. The highest BCUT2D eigenvalue weighted by atomic mass is 16.6. The van der Waals surface area contributed by atoms with Crippen LogP contribution in [0.1, 0.15) is 18.1 Å². The Morgan fingerprint density at radius 1 is 1.18 bits per heavy atom. The topological polar surface area (TPSA) is 113 Å². The highest BCUT2D eigenvalue weighted by Gasteiger charge is 2.23. The molecule has 10 nitrogen and oxygen atoms in total. The number of carbonyl (C=O) groups is 1.